The van der Waals surface area contributed by atoms with Crippen LogP contribution in [-0.4, -0.2) is 15.3 Å². The second kappa shape index (κ2) is 11.8. The molecule has 3 aromatic rings. The lowest BCUT2D eigenvalue weighted by Crippen LogP contribution is -2.03. The second-order valence-electron chi connectivity index (χ2n) is 10.8. The molecule has 0 aromatic heterocycles. The van der Waals surface area contributed by atoms with Crippen molar-refractivity contribution in [3.8, 4) is 17.2 Å². The summed E-state index contributed by atoms with van der Waals surface area (Å²) < 4.78 is 0. The van der Waals surface area contributed by atoms with Gasteiger partial charge in [-0.1, -0.05) is 55.5 Å². The molecule has 0 heterocycles. The fourth-order valence-electron chi connectivity index (χ4n) is 4.83. The molecule has 3 rings (SSSR count). The molecule has 0 aliphatic heterocycles. The van der Waals surface area contributed by atoms with Gasteiger partial charge in [-0.3, -0.25) is 0 Å². The van der Waals surface area contributed by atoms with Crippen molar-refractivity contribution >= 4 is 0 Å². The number of aryl methyl sites for hydroxylation is 5. The normalized spacial score (nSPS) is 13.1. The van der Waals surface area contributed by atoms with Crippen molar-refractivity contribution in [2.45, 2.75) is 74.1 Å². The average Bonchev–Trinajstić information content (AvgIpc) is 2.86. The molecule has 0 radical (unpaired) electrons. The number of rotatable bonds is 8. The van der Waals surface area contributed by atoms with Crippen LogP contribution in [0.25, 0.3) is 0 Å². The molecule has 0 bridgehead atoms. The van der Waals surface area contributed by atoms with Gasteiger partial charge in [0.25, 0.3) is 0 Å². The molecule has 0 saturated carbocycles. The summed E-state index contributed by atoms with van der Waals surface area (Å²) in [5.74, 6) is 0.990. The number of phenolic OH excluding ortho intramolecular Hbond substituents is 3. The van der Waals surface area contributed by atoms with Crippen molar-refractivity contribution < 1.29 is 15.3 Å². The summed E-state index contributed by atoms with van der Waals surface area (Å²) >= 11 is 0. The zero-order valence-corrected chi connectivity index (χ0v) is 24.2. The molecule has 0 aliphatic rings. The van der Waals surface area contributed by atoms with E-state index in [4.69, 9.17) is 0 Å². The highest BCUT2D eigenvalue weighted by molar-refractivity contribution is 5.52. The first-order valence-electron chi connectivity index (χ1n) is 13.3. The van der Waals surface area contributed by atoms with Gasteiger partial charge < -0.3 is 15.3 Å². The predicted octanol–water partition coefficient (Wildman–Crippen LogP) is 8.73. The van der Waals surface area contributed by atoms with Crippen molar-refractivity contribution in [1.82, 2.24) is 0 Å². The number of benzene rings is 3. The summed E-state index contributed by atoms with van der Waals surface area (Å²) in [7, 11) is 0. The second-order valence-corrected chi connectivity index (χ2v) is 10.8. The lowest BCUT2D eigenvalue weighted by Gasteiger charge is -2.19. The third-order valence-corrected chi connectivity index (χ3v) is 7.83. The molecule has 0 saturated heterocycles. The smallest absolute Gasteiger partial charge is 0.122 e. The summed E-state index contributed by atoms with van der Waals surface area (Å²) in [6.45, 7) is 20.6. The van der Waals surface area contributed by atoms with Crippen LogP contribution < -0.4 is 0 Å². The van der Waals surface area contributed by atoms with Crippen molar-refractivity contribution in [3.05, 3.63) is 122 Å². The van der Waals surface area contributed by atoms with Gasteiger partial charge in [-0.2, -0.15) is 0 Å². The Morgan fingerprint density at radius 3 is 1.89 bits per heavy atom. The first-order valence-corrected chi connectivity index (χ1v) is 13.3. The van der Waals surface area contributed by atoms with Gasteiger partial charge in [0.2, 0.25) is 0 Å². The van der Waals surface area contributed by atoms with Crippen LogP contribution in [0, 0.1) is 34.6 Å². The molecule has 0 spiro atoms. The van der Waals surface area contributed by atoms with E-state index in [2.05, 4.69) is 44.7 Å². The molecule has 3 heteroatoms. The molecule has 1 unspecified atom stereocenters. The van der Waals surface area contributed by atoms with Crippen LogP contribution in [0.3, 0.4) is 0 Å². The maximum Gasteiger partial charge on any atom is 0.122 e. The van der Waals surface area contributed by atoms with E-state index in [1.807, 2.05) is 59.7 Å². The Bertz CT molecular complexity index is 1440. The third-order valence-electron chi connectivity index (χ3n) is 7.83. The summed E-state index contributed by atoms with van der Waals surface area (Å²) in [4.78, 5) is 0. The van der Waals surface area contributed by atoms with Gasteiger partial charge in [-0.05, 0) is 128 Å². The molecule has 3 aromatic carbocycles. The van der Waals surface area contributed by atoms with E-state index in [9.17, 15) is 15.3 Å². The number of phenols is 3. The van der Waals surface area contributed by atoms with Gasteiger partial charge in [0, 0.05) is 12.3 Å². The Morgan fingerprint density at radius 2 is 1.32 bits per heavy atom. The molecular weight excluding hydrogens is 468 g/mol. The zero-order valence-electron chi connectivity index (χ0n) is 24.2. The van der Waals surface area contributed by atoms with Gasteiger partial charge in [0.05, 0.1) is 0 Å². The lowest BCUT2D eigenvalue weighted by molar-refractivity contribution is 0.464. The molecular formula is C35H42O3. The molecule has 0 amide bonds. The van der Waals surface area contributed by atoms with Gasteiger partial charge in [-0.25, -0.2) is 0 Å². The van der Waals surface area contributed by atoms with Gasteiger partial charge in [-0.15, -0.1) is 0 Å². The number of allylic oxidation sites excluding steroid dienone is 5. The minimum Gasteiger partial charge on any atom is -0.508 e. The molecule has 3 nitrogen and oxygen atoms in total. The Balaban J connectivity index is 1.96. The highest BCUT2D eigenvalue weighted by Crippen LogP contribution is 2.35. The highest BCUT2D eigenvalue weighted by Gasteiger charge is 2.16. The minimum absolute atomic E-state index is 0.0537. The fourth-order valence-corrected chi connectivity index (χ4v) is 4.83. The molecule has 38 heavy (non-hydrogen) atoms. The minimum atomic E-state index is 0.0537. The van der Waals surface area contributed by atoms with E-state index in [-0.39, 0.29) is 5.92 Å². The predicted molar refractivity (Wildman–Crippen MR) is 160 cm³/mol. The van der Waals surface area contributed by atoms with E-state index in [0.29, 0.717) is 23.7 Å². The van der Waals surface area contributed by atoms with Crippen LogP contribution in [0.4, 0.5) is 0 Å². The quantitative estimate of drug-likeness (QED) is 0.266. The molecule has 0 aliphatic carbocycles. The molecule has 1 atom stereocenters. The third kappa shape index (κ3) is 6.39. The zero-order chi connectivity index (χ0) is 28.3. The van der Waals surface area contributed by atoms with Crippen LogP contribution in [0.15, 0.2) is 71.8 Å². The summed E-state index contributed by atoms with van der Waals surface area (Å²) in [6, 6.07) is 11.8. The Labute approximate surface area is 228 Å². The van der Waals surface area contributed by atoms with E-state index >= 15 is 0 Å². The number of hydrogen-bond donors (Lipinski definition) is 3. The summed E-state index contributed by atoms with van der Waals surface area (Å²) in [5.41, 5.74) is 12.3. The summed E-state index contributed by atoms with van der Waals surface area (Å²) in [5, 5.41) is 31.0. The van der Waals surface area contributed by atoms with Crippen molar-refractivity contribution in [2.75, 3.05) is 0 Å². The fraction of sp³-hybridized carbons (Fsp3) is 0.314. The van der Waals surface area contributed by atoms with E-state index in [0.717, 1.165) is 56.5 Å². The van der Waals surface area contributed by atoms with Crippen LogP contribution in [0.1, 0.15) is 76.8 Å². The Hall–Kier alpha value is -3.72. The van der Waals surface area contributed by atoms with Gasteiger partial charge >= 0.3 is 0 Å². The number of hydrogen-bond acceptors (Lipinski definition) is 3. The Kier molecular flexibility index (Phi) is 8.93. The molecule has 200 valence electrons. The van der Waals surface area contributed by atoms with E-state index in [1.54, 1.807) is 6.07 Å². The van der Waals surface area contributed by atoms with Gasteiger partial charge in [0.15, 0.2) is 0 Å². The van der Waals surface area contributed by atoms with Crippen LogP contribution >= 0.6 is 0 Å². The van der Waals surface area contributed by atoms with E-state index in [1.165, 1.54) is 16.7 Å². The van der Waals surface area contributed by atoms with Crippen molar-refractivity contribution in [2.24, 2.45) is 0 Å². The maximum absolute atomic E-state index is 10.9. The highest BCUT2D eigenvalue weighted by atomic mass is 16.3. The van der Waals surface area contributed by atoms with Crippen LogP contribution in [0.2, 0.25) is 0 Å². The lowest BCUT2D eigenvalue weighted by atomic mass is 9.86. The largest absolute Gasteiger partial charge is 0.508 e. The average molecular weight is 511 g/mol. The maximum atomic E-state index is 10.9. The molecule has 3 N–H and O–H groups in total. The molecule has 0 fully saturated rings. The van der Waals surface area contributed by atoms with Crippen molar-refractivity contribution in [1.29, 1.82) is 0 Å². The first-order chi connectivity index (χ1) is 17.8. The van der Waals surface area contributed by atoms with Crippen molar-refractivity contribution in [3.63, 3.8) is 0 Å². The standard InChI is InChI=1S/C35H42O3/c1-10-20(2)28(17-29-12-24(6)33(36)15-22(29)4)11-21(3)27(9)31-14-26(8)35(38)32(19-31)18-30-13-25(7)34(37)16-23(30)5/h10-16,19,27,36-38H,3,17-18H2,1-2,4-9H3/b20-10+,28-11-. The van der Waals surface area contributed by atoms with Gasteiger partial charge in [0.1, 0.15) is 17.2 Å². The van der Waals surface area contributed by atoms with Crippen LogP contribution in [-0.2, 0) is 12.8 Å². The van der Waals surface area contributed by atoms with E-state index < -0.39 is 0 Å². The van der Waals surface area contributed by atoms with Crippen LogP contribution in [0.5, 0.6) is 17.2 Å². The first kappa shape index (κ1) is 28.8. The summed E-state index contributed by atoms with van der Waals surface area (Å²) in [6.07, 6.45) is 5.66. The number of aromatic hydroxyl groups is 3. The topological polar surface area (TPSA) is 60.7 Å². The Morgan fingerprint density at radius 1 is 0.763 bits per heavy atom. The monoisotopic (exact) mass is 510 g/mol. The SMILES string of the molecule is C=C(/C=C(Cc1cc(C)c(O)cc1C)\C(C)=C\C)C(C)c1cc(C)c(O)c(Cc2cc(C)c(O)cc2C)c1.